The van der Waals surface area contributed by atoms with Gasteiger partial charge in [-0.15, -0.1) is 0 Å². The topological polar surface area (TPSA) is 43.4 Å². The van der Waals surface area contributed by atoms with Gasteiger partial charge < -0.3 is 8.83 Å². The fraction of sp³-hybridized carbons (Fsp3) is 0.111. The zero-order valence-electron chi connectivity index (χ0n) is 6.87. The van der Waals surface area contributed by atoms with Gasteiger partial charge in [-0.25, -0.2) is 0 Å². The molecule has 0 aliphatic carbocycles. The number of hydrogen-bond acceptors (Lipinski definition) is 4. The first-order chi connectivity index (χ1) is 6.16. The quantitative estimate of drug-likeness (QED) is 0.517. The summed E-state index contributed by atoms with van der Waals surface area (Å²) in [7, 11) is 0. The summed E-state index contributed by atoms with van der Waals surface area (Å²) in [6.45, 7) is 1.50. The van der Waals surface area contributed by atoms with Crippen LogP contribution in [0.3, 0.4) is 0 Å². The van der Waals surface area contributed by atoms with Crippen molar-refractivity contribution in [3.8, 4) is 0 Å². The van der Waals surface area contributed by atoms with E-state index in [4.69, 9.17) is 21.1 Å². The van der Waals surface area contributed by atoms with Crippen LogP contribution in [0.15, 0.2) is 27.0 Å². The third kappa shape index (κ3) is 1.40. The Morgan fingerprint density at radius 2 is 2.00 bits per heavy atom. The van der Waals surface area contributed by atoms with Crippen molar-refractivity contribution >= 4 is 29.2 Å². The van der Waals surface area contributed by atoms with Gasteiger partial charge in [-0.3, -0.25) is 4.79 Å². The van der Waals surface area contributed by atoms with Crippen LogP contribution in [0.25, 0.3) is 11.2 Å². The Balaban J connectivity index is 2.74. The molecule has 1 heterocycles. The van der Waals surface area contributed by atoms with Crippen LogP contribution < -0.4 is 0 Å². The monoisotopic (exact) mass is 194 g/mol. The van der Waals surface area contributed by atoms with Crippen LogP contribution >= 0.6 is 12.2 Å². The van der Waals surface area contributed by atoms with Gasteiger partial charge in [0.15, 0.2) is 16.9 Å². The van der Waals surface area contributed by atoms with E-state index >= 15 is 0 Å². The molecule has 2 rings (SSSR count). The fourth-order valence-electron chi connectivity index (χ4n) is 1.09. The van der Waals surface area contributed by atoms with Gasteiger partial charge in [0.25, 0.3) is 0 Å². The van der Waals surface area contributed by atoms with Gasteiger partial charge in [0, 0.05) is 17.8 Å². The summed E-state index contributed by atoms with van der Waals surface area (Å²) in [6.07, 6.45) is 0. The molecular formula is C9H6O3S. The summed E-state index contributed by atoms with van der Waals surface area (Å²) in [5.74, 6) is -0.00998. The average molecular weight is 194 g/mol. The molecule has 0 unspecified atom stereocenters. The SMILES string of the molecule is CC(=O)c1ccc2oc(=S)oc2c1. The molecule has 66 valence electrons. The van der Waals surface area contributed by atoms with Crippen molar-refractivity contribution in [3.05, 3.63) is 28.7 Å². The molecule has 4 heteroatoms. The first kappa shape index (κ1) is 8.19. The molecular weight excluding hydrogens is 188 g/mol. The average Bonchev–Trinajstić information content (AvgIpc) is 2.42. The highest BCUT2D eigenvalue weighted by molar-refractivity contribution is 7.71. The number of Topliss-reactive ketones (excluding diaryl/α,β-unsaturated/α-hetero) is 1. The maximum absolute atomic E-state index is 11.0. The summed E-state index contributed by atoms with van der Waals surface area (Å²) in [4.78, 5) is 11.1. The molecule has 13 heavy (non-hydrogen) atoms. The molecule has 0 amide bonds. The lowest BCUT2D eigenvalue weighted by atomic mass is 10.1. The van der Waals surface area contributed by atoms with Crippen molar-refractivity contribution in [2.24, 2.45) is 0 Å². The van der Waals surface area contributed by atoms with Crippen molar-refractivity contribution in [2.75, 3.05) is 0 Å². The highest BCUT2D eigenvalue weighted by atomic mass is 32.1. The number of ketones is 1. The standard InChI is InChI=1S/C9H6O3S/c1-5(10)6-2-3-7-8(4-6)12-9(13)11-7/h2-4H,1H3. The Kier molecular flexibility index (Phi) is 1.77. The van der Waals surface area contributed by atoms with Crippen LogP contribution in [-0.4, -0.2) is 5.78 Å². The molecule has 0 atom stereocenters. The minimum Gasteiger partial charge on any atom is -0.413 e. The van der Waals surface area contributed by atoms with Gasteiger partial charge in [-0.2, -0.15) is 0 Å². The fourth-order valence-corrected chi connectivity index (χ4v) is 1.27. The number of hydrogen-bond donors (Lipinski definition) is 0. The minimum absolute atomic E-state index is 0.00998. The molecule has 0 aliphatic heterocycles. The lowest BCUT2D eigenvalue weighted by Crippen LogP contribution is -1.89. The van der Waals surface area contributed by atoms with E-state index in [2.05, 4.69) is 0 Å². The highest BCUT2D eigenvalue weighted by Gasteiger charge is 2.05. The van der Waals surface area contributed by atoms with Gasteiger partial charge in [0.05, 0.1) is 0 Å². The molecule has 1 aromatic carbocycles. The van der Waals surface area contributed by atoms with Crippen molar-refractivity contribution in [1.29, 1.82) is 0 Å². The van der Waals surface area contributed by atoms with E-state index in [-0.39, 0.29) is 10.7 Å². The number of rotatable bonds is 1. The lowest BCUT2D eigenvalue weighted by Gasteiger charge is -1.91. The zero-order chi connectivity index (χ0) is 9.42. The molecule has 0 spiro atoms. The predicted molar refractivity (Wildman–Crippen MR) is 49.3 cm³/mol. The van der Waals surface area contributed by atoms with Crippen molar-refractivity contribution in [3.63, 3.8) is 0 Å². The van der Waals surface area contributed by atoms with Crippen molar-refractivity contribution in [1.82, 2.24) is 0 Å². The van der Waals surface area contributed by atoms with Crippen molar-refractivity contribution < 1.29 is 13.6 Å². The summed E-state index contributed by atoms with van der Waals surface area (Å²) in [5, 5.41) is 0. The second-order valence-electron chi connectivity index (χ2n) is 2.67. The molecule has 0 N–H and O–H groups in total. The van der Waals surface area contributed by atoms with Crippen LogP contribution in [-0.2, 0) is 0 Å². The predicted octanol–water partition coefficient (Wildman–Crippen LogP) is 2.96. The first-order valence-electron chi connectivity index (χ1n) is 3.71. The van der Waals surface area contributed by atoms with E-state index in [1.165, 1.54) is 6.92 Å². The summed E-state index contributed by atoms with van der Waals surface area (Å²) >= 11 is 4.70. The maximum Gasteiger partial charge on any atom is 0.363 e. The summed E-state index contributed by atoms with van der Waals surface area (Å²) < 4.78 is 10.1. The van der Waals surface area contributed by atoms with Crippen molar-refractivity contribution in [2.45, 2.75) is 6.92 Å². The molecule has 2 aromatic rings. The summed E-state index contributed by atoms with van der Waals surface area (Å²) in [6, 6.07) is 4.97. The van der Waals surface area contributed by atoms with Crippen LogP contribution in [0.5, 0.6) is 0 Å². The smallest absolute Gasteiger partial charge is 0.363 e. The van der Waals surface area contributed by atoms with Crippen LogP contribution in [0.4, 0.5) is 0 Å². The zero-order valence-corrected chi connectivity index (χ0v) is 7.68. The van der Waals surface area contributed by atoms with E-state index in [1.807, 2.05) is 0 Å². The second kappa shape index (κ2) is 2.81. The van der Waals surface area contributed by atoms with E-state index in [9.17, 15) is 4.79 Å². The first-order valence-corrected chi connectivity index (χ1v) is 4.12. The van der Waals surface area contributed by atoms with Gasteiger partial charge in [-0.1, -0.05) is 0 Å². The van der Waals surface area contributed by atoms with Gasteiger partial charge in [0.2, 0.25) is 0 Å². The Morgan fingerprint density at radius 3 is 2.69 bits per heavy atom. The Bertz CT molecular complexity index is 521. The Hall–Kier alpha value is -1.42. The van der Waals surface area contributed by atoms with E-state index in [0.717, 1.165) is 0 Å². The normalized spacial score (nSPS) is 10.5. The number of carbonyl (C=O) groups is 1. The molecule has 0 saturated heterocycles. The molecule has 0 aliphatic rings. The molecule has 3 nitrogen and oxygen atoms in total. The van der Waals surface area contributed by atoms with Crippen LogP contribution in [0.2, 0.25) is 0 Å². The number of carbonyl (C=O) groups excluding carboxylic acids is 1. The molecule has 0 saturated carbocycles. The Labute approximate surface area is 79.0 Å². The lowest BCUT2D eigenvalue weighted by molar-refractivity contribution is 0.101. The number of benzene rings is 1. The third-order valence-corrected chi connectivity index (χ3v) is 1.90. The van der Waals surface area contributed by atoms with E-state index in [0.29, 0.717) is 16.7 Å². The largest absolute Gasteiger partial charge is 0.413 e. The van der Waals surface area contributed by atoms with Gasteiger partial charge in [-0.05, 0) is 25.1 Å². The van der Waals surface area contributed by atoms with E-state index < -0.39 is 0 Å². The Morgan fingerprint density at radius 1 is 1.31 bits per heavy atom. The van der Waals surface area contributed by atoms with Gasteiger partial charge >= 0.3 is 4.90 Å². The molecule has 0 fully saturated rings. The van der Waals surface area contributed by atoms with E-state index in [1.54, 1.807) is 18.2 Å². The van der Waals surface area contributed by atoms with Gasteiger partial charge in [0.1, 0.15) is 0 Å². The molecule has 0 radical (unpaired) electrons. The molecule has 0 bridgehead atoms. The maximum atomic E-state index is 11.0. The summed E-state index contributed by atoms with van der Waals surface area (Å²) in [5.41, 5.74) is 1.67. The van der Waals surface area contributed by atoms with Crippen LogP contribution in [0, 0.1) is 4.90 Å². The second-order valence-corrected chi connectivity index (χ2v) is 3.01. The third-order valence-electron chi connectivity index (χ3n) is 1.74. The number of fused-ring (bicyclic) bond motifs is 1. The molecule has 1 aromatic heterocycles. The highest BCUT2D eigenvalue weighted by Crippen LogP contribution is 2.18. The van der Waals surface area contributed by atoms with Crippen LogP contribution in [0.1, 0.15) is 17.3 Å². The minimum atomic E-state index is -0.00998.